The number of aromatic nitrogens is 1. The Labute approximate surface area is 133 Å². The van der Waals surface area contributed by atoms with Crippen molar-refractivity contribution in [2.45, 2.75) is 12.2 Å². The number of carbonyl (C=O) groups excluding carboxylic acids is 1. The Kier molecular flexibility index (Phi) is 4.95. The summed E-state index contributed by atoms with van der Waals surface area (Å²) in [5.74, 6) is -0.336. The summed E-state index contributed by atoms with van der Waals surface area (Å²) >= 11 is 0. The lowest BCUT2D eigenvalue weighted by Crippen LogP contribution is -2.31. The van der Waals surface area contributed by atoms with Gasteiger partial charge in [0.25, 0.3) is 0 Å². The van der Waals surface area contributed by atoms with Crippen molar-refractivity contribution in [3.05, 3.63) is 48.4 Å². The van der Waals surface area contributed by atoms with Crippen molar-refractivity contribution in [3.8, 4) is 11.6 Å². The van der Waals surface area contributed by atoms with Gasteiger partial charge in [0, 0.05) is 12.3 Å². The van der Waals surface area contributed by atoms with Gasteiger partial charge in [0.05, 0.1) is 11.9 Å². The van der Waals surface area contributed by atoms with Crippen LogP contribution < -0.4 is 10.1 Å². The number of rotatable bonds is 5. The molecule has 1 aromatic carbocycles. The van der Waals surface area contributed by atoms with E-state index < -0.39 is 21.0 Å². The number of amides is 1. The zero-order valence-corrected chi connectivity index (χ0v) is 13.3. The second-order valence-electron chi connectivity index (χ2n) is 4.90. The van der Waals surface area contributed by atoms with Gasteiger partial charge in [0.15, 0.2) is 9.84 Å². The molecule has 1 unspecified atom stereocenters. The van der Waals surface area contributed by atoms with E-state index in [2.05, 4.69) is 10.3 Å². The predicted octanol–water partition coefficient (Wildman–Crippen LogP) is 2.38. The minimum Gasteiger partial charge on any atom is -0.439 e. The fraction of sp³-hybridized carbons (Fsp3) is 0.200. The molecule has 1 heterocycles. The van der Waals surface area contributed by atoms with E-state index in [1.807, 2.05) is 0 Å². The standard InChI is InChI=1S/C15H15FN2O4S/c1-10(23(2,20)21)15(19)18-12-5-8-14(17-9-12)22-13-6-3-11(16)4-7-13/h3-10H,1-2H3,(H,18,19). The van der Waals surface area contributed by atoms with Crippen molar-refractivity contribution >= 4 is 21.4 Å². The highest BCUT2D eigenvalue weighted by Gasteiger charge is 2.23. The molecule has 1 amide bonds. The molecule has 0 aliphatic rings. The van der Waals surface area contributed by atoms with Gasteiger partial charge in [0.2, 0.25) is 11.8 Å². The third-order valence-electron chi connectivity index (χ3n) is 3.05. The first kappa shape index (κ1) is 16.9. The van der Waals surface area contributed by atoms with Crippen LogP contribution in [0.15, 0.2) is 42.6 Å². The number of nitrogens with zero attached hydrogens (tertiary/aromatic N) is 1. The number of sulfone groups is 1. The Morgan fingerprint density at radius 3 is 2.39 bits per heavy atom. The number of ether oxygens (including phenoxy) is 1. The molecule has 1 atom stereocenters. The molecular formula is C15H15FN2O4S. The number of nitrogens with one attached hydrogen (secondary N) is 1. The SMILES string of the molecule is CC(C(=O)Nc1ccc(Oc2ccc(F)cc2)nc1)S(C)(=O)=O. The van der Waals surface area contributed by atoms with Gasteiger partial charge in [-0.05, 0) is 37.3 Å². The number of hydrogen-bond acceptors (Lipinski definition) is 5. The third-order valence-corrected chi connectivity index (χ3v) is 4.55. The number of benzene rings is 1. The molecule has 23 heavy (non-hydrogen) atoms. The fourth-order valence-corrected chi connectivity index (χ4v) is 2.02. The van der Waals surface area contributed by atoms with Crippen molar-refractivity contribution in [2.24, 2.45) is 0 Å². The van der Waals surface area contributed by atoms with Gasteiger partial charge in [-0.15, -0.1) is 0 Å². The van der Waals surface area contributed by atoms with E-state index in [-0.39, 0.29) is 11.7 Å². The average molecular weight is 338 g/mol. The van der Waals surface area contributed by atoms with Gasteiger partial charge >= 0.3 is 0 Å². The van der Waals surface area contributed by atoms with Crippen LogP contribution in [0, 0.1) is 5.82 Å². The first-order valence-electron chi connectivity index (χ1n) is 6.65. The molecular weight excluding hydrogens is 323 g/mol. The zero-order valence-electron chi connectivity index (χ0n) is 12.5. The van der Waals surface area contributed by atoms with Crippen LogP contribution in [0.25, 0.3) is 0 Å². The molecule has 8 heteroatoms. The maximum absolute atomic E-state index is 12.8. The normalized spacial score (nSPS) is 12.5. The van der Waals surface area contributed by atoms with Crippen LogP contribution in [0.5, 0.6) is 11.6 Å². The lowest BCUT2D eigenvalue weighted by Gasteiger charge is -2.10. The number of anilines is 1. The van der Waals surface area contributed by atoms with E-state index in [1.165, 1.54) is 49.5 Å². The monoisotopic (exact) mass is 338 g/mol. The van der Waals surface area contributed by atoms with Crippen molar-refractivity contribution < 1.29 is 22.3 Å². The molecule has 0 saturated carbocycles. The van der Waals surface area contributed by atoms with Crippen LogP contribution in [-0.2, 0) is 14.6 Å². The summed E-state index contributed by atoms with van der Waals surface area (Å²) in [5, 5.41) is 1.31. The highest BCUT2D eigenvalue weighted by Crippen LogP contribution is 2.20. The summed E-state index contributed by atoms with van der Waals surface area (Å²) < 4.78 is 40.8. The van der Waals surface area contributed by atoms with E-state index >= 15 is 0 Å². The van der Waals surface area contributed by atoms with E-state index in [9.17, 15) is 17.6 Å². The first-order valence-corrected chi connectivity index (χ1v) is 8.60. The Morgan fingerprint density at radius 1 is 1.22 bits per heavy atom. The van der Waals surface area contributed by atoms with Crippen LogP contribution in [0.1, 0.15) is 6.92 Å². The molecule has 0 aliphatic carbocycles. The topological polar surface area (TPSA) is 85.4 Å². The van der Waals surface area contributed by atoms with Crippen molar-refractivity contribution in [2.75, 3.05) is 11.6 Å². The lowest BCUT2D eigenvalue weighted by molar-refractivity contribution is -0.115. The number of pyridine rings is 1. The van der Waals surface area contributed by atoms with E-state index in [4.69, 9.17) is 4.74 Å². The second-order valence-corrected chi connectivity index (χ2v) is 7.27. The molecule has 0 radical (unpaired) electrons. The lowest BCUT2D eigenvalue weighted by atomic mass is 10.3. The minimum atomic E-state index is -3.46. The molecule has 0 aliphatic heterocycles. The minimum absolute atomic E-state index is 0.255. The van der Waals surface area contributed by atoms with Crippen LogP contribution in [0.4, 0.5) is 10.1 Å². The Hall–Kier alpha value is -2.48. The van der Waals surface area contributed by atoms with E-state index in [1.54, 1.807) is 0 Å². The first-order chi connectivity index (χ1) is 10.8. The van der Waals surface area contributed by atoms with Crippen molar-refractivity contribution in [1.29, 1.82) is 0 Å². The number of halogens is 1. The summed E-state index contributed by atoms with van der Waals surface area (Å²) in [6, 6.07) is 8.47. The Morgan fingerprint density at radius 2 is 1.87 bits per heavy atom. The van der Waals surface area contributed by atoms with Crippen molar-refractivity contribution in [3.63, 3.8) is 0 Å². The van der Waals surface area contributed by atoms with Crippen LogP contribution in [0.3, 0.4) is 0 Å². The van der Waals surface area contributed by atoms with Gasteiger partial charge in [-0.25, -0.2) is 17.8 Å². The van der Waals surface area contributed by atoms with E-state index in [0.29, 0.717) is 11.4 Å². The largest absolute Gasteiger partial charge is 0.439 e. The smallest absolute Gasteiger partial charge is 0.242 e. The summed E-state index contributed by atoms with van der Waals surface area (Å²) in [5.41, 5.74) is 0.344. The molecule has 1 N–H and O–H groups in total. The van der Waals surface area contributed by atoms with Crippen LogP contribution in [-0.4, -0.2) is 30.8 Å². The van der Waals surface area contributed by atoms with Gasteiger partial charge in [-0.1, -0.05) is 0 Å². The van der Waals surface area contributed by atoms with Gasteiger partial charge < -0.3 is 10.1 Å². The summed E-state index contributed by atoms with van der Waals surface area (Å²) in [7, 11) is -3.46. The van der Waals surface area contributed by atoms with Gasteiger partial charge in [-0.3, -0.25) is 4.79 Å². The second kappa shape index (κ2) is 6.74. The quantitative estimate of drug-likeness (QED) is 0.905. The molecule has 0 saturated heterocycles. The summed E-state index contributed by atoms with van der Waals surface area (Å²) in [4.78, 5) is 15.8. The molecule has 0 fully saturated rings. The fourth-order valence-electron chi connectivity index (χ4n) is 1.58. The highest BCUT2D eigenvalue weighted by atomic mass is 32.2. The number of hydrogen-bond donors (Lipinski definition) is 1. The molecule has 6 nitrogen and oxygen atoms in total. The Balaban J connectivity index is 2.02. The molecule has 2 rings (SSSR count). The molecule has 0 spiro atoms. The van der Waals surface area contributed by atoms with Gasteiger partial charge in [-0.2, -0.15) is 0 Å². The Bertz CT molecular complexity index is 789. The average Bonchev–Trinajstić information content (AvgIpc) is 2.50. The molecule has 0 bridgehead atoms. The zero-order chi connectivity index (χ0) is 17.0. The molecule has 2 aromatic rings. The maximum Gasteiger partial charge on any atom is 0.242 e. The van der Waals surface area contributed by atoms with E-state index in [0.717, 1.165) is 6.26 Å². The van der Waals surface area contributed by atoms with Crippen molar-refractivity contribution in [1.82, 2.24) is 4.98 Å². The highest BCUT2D eigenvalue weighted by molar-refractivity contribution is 7.92. The predicted molar refractivity (Wildman–Crippen MR) is 83.6 cm³/mol. The summed E-state index contributed by atoms with van der Waals surface area (Å²) in [6.45, 7) is 1.31. The number of carbonyl (C=O) groups is 1. The van der Waals surface area contributed by atoms with Gasteiger partial charge in [0.1, 0.15) is 16.8 Å². The third kappa shape index (κ3) is 4.75. The van der Waals surface area contributed by atoms with Crippen LogP contribution in [0.2, 0.25) is 0 Å². The molecule has 122 valence electrons. The molecule has 1 aromatic heterocycles. The summed E-state index contributed by atoms with van der Waals surface area (Å²) in [6.07, 6.45) is 2.33. The maximum atomic E-state index is 12.8. The van der Waals surface area contributed by atoms with Crippen LogP contribution >= 0.6 is 0 Å².